The zero-order valence-electron chi connectivity index (χ0n) is 12.4. The van der Waals surface area contributed by atoms with Gasteiger partial charge in [-0.3, -0.25) is 0 Å². The summed E-state index contributed by atoms with van der Waals surface area (Å²) in [4.78, 5) is 0. The molecule has 0 spiro atoms. The van der Waals surface area contributed by atoms with E-state index in [1.54, 1.807) is 0 Å². The molecule has 0 aliphatic carbocycles. The van der Waals surface area contributed by atoms with Crippen molar-refractivity contribution >= 4 is 6.08 Å². The molecule has 2 nitrogen and oxygen atoms in total. The van der Waals surface area contributed by atoms with E-state index in [2.05, 4.69) is 69.4 Å². The summed E-state index contributed by atoms with van der Waals surface area (Å²) in [7, 11) is 0. The first-order chi connectivity index (χ1) is 8.95. The first kappa shape index (κ1) is 14.3. The van der Waals surface area contributed by atoms with Gasteiger partial charge in [-0.15, -0.1) is 0 Å². The van der Waals surface area contributed by atoms with Crippen molar-refractivity contribution in [3.8, 4) is 0 Å². The van der Waals surface area contributed by atoms with E-state index in [1.165, 1.54) is 11.1 Å². The van der Waals surface area contributed by atoms with E-state index >= 15 is 0 Å². The van der Waals surface area contributed by atoms with Crippen molar-refractivity contribution in [3.63, 3.8) is 0 Å². The quantitative estimate of drug-likeness (QED) is 0.879. The SMILES string of the molecule is CC1COCC(/C=C/c2ccc(C(C)(C)C)cc2)N1. The highest BCUT2D eigenvalue weighted by Gasteiger charge is 2.15. The van der Waals surface area contributed by atoms with Gasteiger partial charge in [0.15, 0.2) is 0 Å². The molecule has 0 bridgehead atoms. The number of rotatable bonds is 2. The number of benzene rings is 1. The maximum Gasteiger partial charge on any atom is 0.0656 e. The number of ether oxygens (including phenoxy) is 1. The Morgan fingerprint density at radius 1 is 1.16 bits per heavy atom. The summed E-state index contributed by atoms with van der Waals surface area (Å²) in [6.45, 7) is 10.4. The van der Waals surface area contributed by atoms with Crippen LogP contribution in [0.15, 0.2) is 30.3 Å². The fraction of sp³-hybridized carbons (Fsp3) is 0.529. The van der Waals surface area contributed by atoms with Gasteiger partial charge in [0, 0.05) is 12.1 Å². The van der Waals surface area contributed by atoms with E-state index in [9.17, 15) is 0 Å². The molecule has 2 atom stereocenters. The summed E-state index contributed by atoms with van der Waals surface area (Å²) < 4.78 is 5.53. The molecule has 1 aliphatic rings. The molecule has 1 N–H and O–H groups in total. The van der Waals surface area contributed by atoms with Crippen LogP contribution in [0.3, 0.4) is 0 Å². The standard InChI is InChI=1S/C17H25NO/c1-13-11-19-12-16(18-13)10-7-14-5-8-15(9-6-14)17(2,3)4/h5-10,13,16,18H,11-12H2,1-4H3/b10-7+. The third-order valence-corrected chi connectivity index (χ3v) is 3.46. The molecule has 1 heterocycles. The van der Waals surface area contributed by atoms with Crippen LogP contribution >= 0.6 is 0 Å². The minimum Gasteiger partial charge on any atom is -0.378 e. The Morgan fingerprint density at radius 2 is 1.84 bits per heavy atom. The number of hydrogen-bond donors (Lipinski definition) is 1. The van der Waals surface area contributed by atoms with Gasteiger partial charge in [-0.1, -0.05) is 57.2 Å². The lowest BCUT2D eigenvalue weighted by molar-refractivity contribution is 0.0637. The number of morpholine rings is 1. The van der Waals surface area contributed by atoms with Crippen LogP contribution < -0.4 is 5.32 Å². The molecule has 104 valence electrons. The minimum absolute atomic E-state index is 0.219. The summed E-state index contributed by atoms with van der Waals surface area (Å²) in [5.41, 5.74) is 2.83. The van der Waals surface area contributed by atoms with E-state index in [1.807, 2.05) is 0 Å². The molecule has 0 amide bonds. The highest BCUT2D eigenvalue weighted by Crippen LogP contribution is 2.22. The molecular weight excluding hydrogens is 234 g/mol. The zero-order chi connectivity index (χ0) is 13.9. The van der Waals surface area contributed by atoms with Crippen LogP contribution in [0.1, 0.15) is 38.8 Å². The Morgan fingerprint density at radius 3 is 2.42 bits per heavy atom. The minimum atomic E-state index is 0.219. The second kappa shape index (κ2) is 5.89. The van der Waals surface area contributed by atoms with Crippen LogP contribution in [0.5, 0.6) is 0 Å². The van der Waals surface area contributed by atoms with Gasteiger partial charge in [0.05, 0.1) is 13.2 Å². The van der Waals surface area contributed by atoms with E-state index < -0.39 is 0 Å². The second-order valence-electron chi connectivity index (χ2n) is 6.44. The van der Waals surface area contributed by atoms with Gasteiger partial charge in [0.2, 0.25) is 0 Å². The van der Waals surface area contributed by atoms with Gasteiger partial charge < -0.3 is 10.1 Å². The van der Waals surface area contributed by atoms with Crippen LogP contribution in [0.2, 0.25) is 0 Å². The third-order valence-electron chi connectivity index (χ3n) is 3.46. The Hall–Kier alpha value is -1.12. The van der Waals surface area contributed by atoms with Crippen molar-refractivity contribution in [2.75, 3.05) is 13.2 Å². The molecule has 0 radical (unpaired) electrons. The second-order valence-corrected chi connectivity index (χ2v) is 6.44. The van der Waals surface area contributed by atoms with E-state index in [-0.39, 0.29) is 5.41 Å². The molecule has 1 aliphatic heterocycles. The molecule has 1 fully saturated rings. The van der Waals surface area contributed by atoms with Gasteiger partial charge in [0.1, 0.15) is 0 Å². The Bertz CT molecular complexity index is 428. The molecule has 0 saturated carbocycles. The Balaban J connectivity index is 1.99. The number of nitrogens with one attached hydrogen (secondary N) is 1. The lowest BCUT2D eigenvalue weighted by Crippen LogP contribution is -2.46. The van der Waals surface area contributed by atoms with Gasteiger partial charge in [-0.25, -0.2) is 0 Å². The van der Waals surface area contributed by atoms with Crippen LogP contribution in [-0.2, 0) is 10.2 Å². The van der Waals surface area contributed by atoms with Crippen molar-refractivity contribution in [2.45, 2.75) is 45.2 Å². The summed E-state index contributed by atoms with van der Waals surface area (Å²) in [6, 6.07) is 9.56. The predicted molar refractivity (Wildman–Crippen MR) is 81.4 cm³/mol. The molecule has 19 heavy (non-hydrogen) atoms. The van der Waals surface area contributed by atoms with Crippen molar-refractivity contribution < 1.29 is 4.74 Å². The van der Waals surface area contributed by atoms with E-state index in [4.69, 9.17) is 4.74 Å². The lowest BCUT2D eigenvalue weighted by Gasteiger charge is -2.26. The average molecular weight is 259 g/mol. The van der Waals surface area contributed by atoms with E-state index in [0.717, 1.165) is 13.2 Å². The van der Waals surface area contributed by atoms with E-state index in [0.29, 0.717) is 12.1 Å². The van der Waals surface area contributed by atoms with Crippen molar-refractivity contribution in [1.82, 2.24) is 5.32 Å². The number of hydrogen-bond acceptors (Lipinski definition) is 2. The molecule has 0 aromatic heterocycles. The first-order valence-corrected chi connectivity index (χ1v) is 7.08. The lowest BCUT2D eigenvalue weighted by atomic mass is 9.87. The molecule has 1 aromatic carbocycles. The van der Waals surface area contributed by atoms with Gasteiger partial charge in [0.25, 0.3) is 0 Å². The monoisotopic (exact) mass is 259 g/mol. The van der Waals surface area contributed by atoms with Crippen LogP contribution in [0, 0.1) is 0 Å². The summed E-state index contributed by atoms with van der Waals surface area (Å²) >= 11 is 0. The zero-order valence-corrected chi connectivity index (χ0v) is 12.4. The third kappa shape index (κ3) is 4.19. The van der Waals surface area contributed by atoms with Crippen molar-refractivity contribution in [1.29, 1.82) is 0 Å². The van der Waals surface area contributed by atoms with Gasteiger partial charge in [-0.2, -0.15) is 0 Å². The highest BCUT2D eigenvalue weighted by molar-refractivity contribution is 5.51. The maximum absolute atomic E-state index is 5.53. The molecule has 2 heteroatoms. The molecular formula is C17H25NO. The topological polar surface area (TPSA) is 21.3 Å². The van der Waals surface area contributed by atoms with Gasteiger partial charge in [-0.05, 0) is 23.5 Å². The van der Waals surface area contributed by atoms with Crippen LogP contribution in [0.4, 0.5) is 0 Å². The largest absolute Gasteiger partial charge is 0.378 e. The molecule has 2 rings (SSSR count). The normalized spacial score (nSPS) is 24.8. The fourth-order valence-corrected chi connectivity index (χ4v) is 2.27. The summed E-state index contributed by atoms with van der Waals surface area (Å²) in [5, 5.41) is 3.51. The molecule has 2 unspecified atom stereocenters. The first-order valence-electron chi connectivity index (χ1n) is 7.08. The highest BCUT2D eigenvalue weighted by atomic mass is 16.5. The summed E-state index contributed by atoms with van der Waals surface area (Å²) in [6.07, 6.45) is 4.37. The Labute approximate surface area is 116 Å². The summed E-state index contributed by atoms with van der Waals surface area (Å²) in [5.74, 6) is 0. The molecule has 1 saturated heterocycles. The van der Waals surface area contributed by atoms with Crippen molar-refractivity contribution in [2.24, 2.45) is 0 Å². The smallest absolute Gasteiger partial charge is 0.0656 e. The van der Waals surface area contributed by atoms with Gasteiger partial charge >= 0.3 is 0 Å². The fourth-order valence-electron chi connectivity index (χ4n) is 2.27. The average Bonchev–Trinajstić information content (AvgIpc) is 2.36. The van der Waals surface area contributed by atoms with Crippen LogP contribution in [0.25, 0.3) is 6.08 Å². The predicted octanol–water partition coefficient (Wildman–Crippen LogP) is 3.37. The maximum atomic E-state index is 5.53. The molecule has 1 aromatic rings. The van der Waals surface area contributed by atoms with Crippen LogP contribution in [-0.4, -0.2) is 25.3 Å². The van der Waals surface area contributed by atoms with Crippen molar-refractivity contribution in [3.05, 3.63) is 41.5 Å². The Kier molecular flexibility index (Phi) is 4.43.